The molecule has 7 heteroatoms. The van der Waals surface area contributed by atoms with Crippen molar-refractivity contribution in [2.24, 2.45) is 5.73 Å². The molecule has 3 N–H and O–H groups in total. The molecule has 1 fully saturated rings. The van der Waals surface area contributed by atoms with Crippen LogP contribution in [0.4, 0.5) is 0 Å². The average Bonchev–Trinajstić information content (AvgIpc) is 2.92. The Balaban J connectivity index is 2.11. The maximum atomic E-state index is 12.2. The van der Waals surface area contributed by atoms with Crippen LogP contribution in [-0.2, 0) is 14.8 Å². The molecule has 1 amide bonds. The third-order valence-electron chi connectivity index (χ3n) is 3.31. The second kappa shape index (κ2) is 5.90. The molecule has 0 aliphatic carbocycles. The van der Waals surface area contributed by atoms with Crippen molar-refractivity contribution in [2.75, 3.05) is 6.61 Å². The standard InChI is InChI=1S/C13H18N2O4S/c1-9(12-3-2-8-19-12)15-20(17,18)11-6-4-10(5-7-11)13(14)16/h4-7,9,12,15H,2-3,8H2,1H3,(H2,14,16). The van der Waals surface area contributed by atoms with Crippen molar-refractivity contribution in [3.8, 4) is 0 Å². The van der Waals surface area contributed by atoms with Crippen LogP contribution in [-0.4, -0.2) is 33.1 Å². The Bertz CT molecular complexity index is 577. The number of primary amides is 1. The van der Waals surface area contributed by atoms with E-state index in [1.807, 2.05) is 0 Å². The molecule has 20 heavy (non-hydrogen) atoms. The number of hydrogen-bond donors (Lipinski definition) is 2. The number of nitrogens with two attached hydrogens (primary N) is 1. The number of amides is 1. The highest BCUT2D eigenvalue weighted by Crippen LogP contribution is 2.18. The van der Waals surface area contributed by atoms with E-state index < -0.39 is 15.9 Å². The Morgan fingerprint density at radius 3 is 2.55 bits per heavy atom. The van der Waals surface area contributed by atoms with E-state index in [9.17, 15) is 13.2 Å². The topological polar surface area (TPSA) is 98.5 Å². The average molecular weight is 298 g/mol. The second-order valence-corrected chi connectivity index (χ2v) is 6.56. The van der Waals surface area contributed by atoms with E-state index in [4.69, 9.17) is 10.5 Å². The van der Waals surface area contributed by atoms with E-state index in [0.717, 1.165) is 12.8 Å². The van der Waals surface area contributed by atoms with Gasteiger partial charge < -0.3 is 10.5 Å². The summed E-state index contributed by atoms with van der Waals surface area (Å²) in [7, 11) is -3.62. The highest BCUT2D eigenvalue weighted by atomic mass is 32.2. The number of rotatable bonds is 5. The van der Waals surface area contributed by atoms with Gasteiger partial charge in [-0.05, 0) is 44.0 Å². The fourth-order valence-electron chi connectivity index (χ4n) is 2.18. The van der Waals surface area contributed by atoms with E-state index in [2.05, 4.69) is 4.72 Å². The van der Waals surface area contributed by atoms with Gasteiger partial charge in [0.05, 0.1) is 11.0 Å². The van der Waals surface area contributed by atoms with Crippen molar-refractivity contribution in [3.05, 3.63) is 29.8 Å². The Morgan fingerprint density at radius 2 is 2.05 bits per heavy atom. The monoisotopic (exact) mass is 298 g/mol. The molecular formula is C13H18N2O4S. The lowest BCUT2D eigenvalue weighted by atomic mass is 10.1. The van der Waals surface area contributed by atoms with Crippen LogP contribution in [0.5, 0.6) is 0 Å². The first-order chi connectivity index (χ1) is 9.40. The third kappa shape index (κ3) is 3.36. The summed E-state index contributed by atoms with van der Waals surface area (Å²) in [6.45, 7) is 2.45. The molecule has 0 spiro atoms. The summed E-state index contributed by atoms with van der Waals surface area (Å²) in [6, 6.07) is 5.23. The Hall–Kier alpha value is -1.44. The minimum atomic E-state index is -3.62. The molecule has 1 saturated heterocycles. The van der Waals surface area contributed by atoms with Crippen molar-refractivity contribution in [1.82, 2.24) is 4.72 Å². The van der Waals surface area contributed by atoms with Crippen LogP contribution in [0, 0.1) is 0 Å². The Morgan fingerprint density at radius 1 is 1.40 bits per heavy atom. The van der Waals surface area contributed by atoms with Crippen molar-refractivity contribution in [2.45, 2.75) is 36.8 Å². The maximum Gasteiger partial charge on any atom is 0.248 e. The van der Waals surface area contributed by atoms with E-state index >= 15 is 0 Å². The SMILES string of the molecule is CC(NS(=O)(=O)c1ccc(C(N)=O)cc1)C1CCCO1. The van der Waals surface area contributed by atoms with Gasteiger partial charge in [0.25, 0.3) is 0 Å². The highest BCUT2D eigenvalue weighted by Gasteiger charge is 2.26. The van der Waals surface area contributed by atoms with Gasteiger partial charge in [0, 0.05) is 18.2 Å². The van der Waals surface area contributed by atoms with E-state index in [-0.39, 0.29) is 22.6 Å². The Kier molecular flexibility index (Phi) is 4.42. The van der Waals surface area contributed by atoms with Crippen LogP contribution < -0.4 is 10.5 Å². The largest absolute Gasteiger partial charge is 0.377 e. The van der Waals surface area contributed by atoms with Crippen molar-refractivity contribution < 1.29 is 17.9 Å². The lowest BCUT2D eigenvalue weighted by Gasteiger charge is -2.19. The molecule has 110 valence electrons. The van der Waals surface area contributed by atoms with Crippen LogP contribution in [0.3, 0.4) is 0 Å². The summed E-state index contributed by atoms with van der Waals surface area (Å²) in [5, 5.41) is 0. The summed E-state index contributed by atoms with van der Waals surface area (Å²) >= 11 is 0. The van der Waals surface area contributed by atoms with Crippen LogP contribution in [0.25, 0.3) is 0 Å². The minimum absolute atomic E-state index is 0.0883. The second-order valence-electron chi connectivity index (χ2n) is 4.85. The molecule has 2 atom stereocenters. The maximum absolute atomic E-state index is 12.2. The molecule has 0 radical (unpaired) electrons. The van der Waals surface area contributed by atoms with E-state index in [0.29, 0.717) is 6.61 Å². The summed E-state index contributed by atoms with van der Waals surface area (Å²) in [4.78, 5) is 11.1. The lowest BCUT2D eigenvalue weighted by molar-refractivity contribution is 0.0902. The normalized spacial score (nSPS) is 20.8. The molecule has 1 aromatic rings. The molecular weight excluding hydrogens is 280 g/mol. The van der Waals surface area contributed by atoms with Crippen molar-refractivity contribution in [1.29, 1.82) is 0 Å². The van der Waals surface area contributed by atoms with Gasteiger partial charge in [0.1, 0.15) is 0 Å². The Labute approximate surface area is 118 Å². The van der Waals surface area contributed by atoms with Crippen LogP contribution >= 0.6 is 0 Å². The minimum Gasteiger partial charge on any atom is -0.377 e. The van der Waals surface area contributed by atoms with Gasteiger partial charge in [0.2, 0.25) is 15.9 Å². The molecule has 2 unspecified atom stereocenters. The fourth-order valence-corrected chi connectivity index (χ4v) is 3.46. The number of carbonyl (C=O) groups excluding carboxylic acids is 1. The summed E-state index contributed by atoms with van der Waals surface area (Å²) in [5.74, 6) is -0.588. The third-order valence-corrected chi connectivity index (χ3v) is 4.89. The van der Waals surface area contributed by atoms with Gasteiger partial charge in [-0.2, -0.15) is 0 Å². The first-order valence-electron chi connectivity index (χ1n) is 6.44. The zero-order valence-electron chi connectivity index (χ0n) is 11.2. The number of nitrogens with one attached hydrogen (secondary N) is 1. The summed E-state index contributed by atoms with van der Waals surface area (Å²) in [5.41, 5.74) is 5.39. The van der Waals surface area contributed by atoms with Gasteiger partial charge in [-0.3, -0.25) is 4.79 Å². The molecule has 6 nitrogen and oxygen atoms in total. The van der Waals surface area contributed by atoms with Crippen LogP contribution in [0.2, 0.25) is 0 Å². The predicted octanol–water partition coefficient (Wildman–Crippen LogP) is 0.631. The zero-order valence-corrected chi connectivity index (χ0v) is 12.0. The van der Waals surface area contributed by atoms with Crippen molar-refractivity contribution in [3.63, 3.8) is 0 Å². The molecule has 0 aromatic heterocycles. The van der Waals surface area contributed by atoms with Crippen LogP contribution in [0.15, 0.2) is 29.2 Å². The fraction of sp³-hybridized carbons (Fsp3) is 0.462. The van der Waals surface area contributed by atoms with Crippen LogP contribution in [0.1, 0.15) is 30.1 Å². The highest BCUT2D eigenvalue weighted by molar-refractivity contribution is 7.89. The van der Waals surface area contributed by atoms with Gasteiger partial charge >= 0.3 is 0 Å². The van der Waals surface area contributed by atoms with E-state index in [1.165, 1.54) is 24.3 Å². The summed E-state index contributed by atoms with van der Waals surface area (Å²) < 4.78 is 32.4. The van der Waals surface area contributed by atoms with Crippen molar-refractivity contribution >= 4 is 15.9 Å². The molecule has 1 aliphatic rings. The number of ether oxygens (including phenoxy) is 1. The first kappa shape index (κ1) is 15.0. The number of benzene rings is 1. The number of carbonyl (C=O) groups is 1. The molecule has 2 rings (SSSR count). The van der Waals surface area contributed by atoms with Gasteiger partial charge in [-0.25, -0.2) is 13.1 Å². The molecule has 0 saturated carbocycles. The van der Waals surface area contributed by atoms with Gasteiger partial charge in [0.15, 0.2) is 0 Å². The van der Waals surface area contributed by atoms with Gasteiger partial charge in [-0.15, -0.1) is 0 Å². The first-order valence-corrected chi connectivity index (χ1v) is 7.92. The summed E-state index contributed by atoms with van der Waals surface area (Å²) in [6.07, 6.45) is 1.71. The molecule has 1 aromatic carbocycles. The quantitative estimate of drug-likeness (QED) is 0.833. The number of hydrogen-bond acceptors (Lipinski definition) is 4. The molecule has 1 aliphatic heterocycles. The lowest BCUT2D eigenvalue weighted by Crippen LogP contribution is -2.40. The predicted molar refractivity (Wildman–Crippen MR) is 73.7 cm³/mol. The smallest absolute Gasteiger partial charge is 0.248 e. The van der Waals surface area contributed by atoms with Gasteiger partial charge in [-0.1, -0.05) is 0 Å². The molecule has 1 heterocycles. The molecule has 0 bridgehead atoms. The number of sulfonamides is 1. The van der Waals surface area contributed by atoms with E-state index in [1.54, 1.807) is 6.92 Å². The zero-order chi connectivity index (χ0) is 14.8.